The first kappa shape index (κ1) is 12.6. The molecule has 0 unspecified atom stereocenters. The second-order valence-electron chi connectivity index (χ2n) is 3.51. The standard InChI is InChI=1S/C12H16BrN3/c1-9-2-4-10(5-3-9)8-16-12(15)7-6-11(13)14/h2-7,16H,8,14-15H2,1H3/b11-6-,12-7+. The molecule has 4 heteroatoms. The zero-order valence-corrected chi connectivity index (χ0v) is 10.8. The van der Waals surface area contributed by atoms with Crippen LogP contribution < -0.4 is 16.8 Å². The van der Waals surface area contributed by atoms with E-state index in [2.05, 4.69) is 52.4 Å². The Labute approximate surface area is 104 Å². The third kappa shape index (κ3) is 4.89. The van der Waals surface area contributed by atoms with Gasteiger partial charge in [-0.3, -0.25) is 0 Å². The van der Waals surface area contributed by atoms with Crippen molar-refractivity contribution >= 4 is 15.9 Å². The molecule has 16 heavy (non-hydrogen) atoms. The Bertz CT molecular complexity index is 389. The van der Waals surface area contributed by atoms with Gasteiger partial charge in [0.1, 0.15) is 0 Å². The Morgan fingerprint density at radius 2 is 1.88 bits per heavy atom. The van der Waals surface area contributed by atoms with E-state index < -0.39 is 0 Å². The van der Waals surface area contributed by atoms with E-state index in [0.717, 1.165) is 0 Å². The summed E-state index contributed by atoms with van der Waals surface area (Å²) in [5, 5.41) is 3.09. The van der Waals surface area contributed by atoms with Crippen LogP contribution in [-0.4, -0.2) is 0 Å². The molecule has 0 aliphatic heterocycles. The Kier molecular flexibility index (Phi) is 4.92. The van der Waals surface area contributed by atoms with Crippen LogP contribution in [0.15, 0.2) is 46.8 Å². The first-order valence-corrected chi connectivity index (χ1v) is 5.75. The fourth-order valence-corrected chi connectivity index (χ4v) is 1.27. The highest BCUT2D eigenvalue weighted by molar-refractivity contribution is 9.11. The van der Waals surface area contributed by atoms with E-state index >= 15 is 0 Å². The summed E-state index contributed by atoms with van der Waals surface area (Å²) < 4.78 is 0.549. The summed E-state index contributed by atoms with van der Waals surface area (Å²) >= 11 is 3.12. The highest BCUT2D eigenvalue weighted by Gasteiger charge is 1.92. The van der Waals surface area contributed by atoms with Crippen molar-refractivity contribution in [3.8, 4) is 0 Å². The molecular formula is C12H16BrN3. The number of nitrogens with one attached hydrogen (secondary N) is 1. The van der Waals surface area contributed by atoms with Gasteiger partial charge in [-0.05, 0) is 40.6 Å². The maximum atomic E-state index is 5.73. The van der Waals surface area contributed by atoms with Crippen LogP contribution in [0.25, 0.3) is 0 Å². The number of halogens is 1. The number of benzene rings is 1. The van der Waals surface area contributed by atoms with Gasteiger partial charge >= 0.3 is 0 Å². The molecule has 0 saturated heterocycles. The molecule has 1 aromatic carbocycles. The lowest BCUT2D eigenvalue weighted by atomic mass is 10.1. The molecule has 0 fully saturated rings. The third-order valence-corrected chi connectivity index (χ3v) is 2.30. The number of allylic oxidation sites excluding steroid dienone is 2. The van der Waals surface area contributed by atoms with E-state index in [-0.39, 0.29) is 0 Å². The van der Waals surface area contributed by atoms with Crippen LogP contribution in [0.4, 0.5) is 0 Å². The second-order valence-corrected chi connectivity index (χ2v) is 4.43. The fraction of sp³-hybridized carbons (Fsp3) is 0.167. The minimum atomic E-state index is 0.549. The van der Waals surface area contributed by atoms with Crippen LogP contribution in [-0.2, 0) is 6.54 Å². The van der Waals surface area contributed by atoms with Crippen LogP contribution in [0.5, 0.6) is 0 Å². The Morgan fingerprint density at radius 3 is 2.44 bits per heavy atom. The number of hydrogen-bond acceptors (Lipinski definition) is 3. The molecule has 0 saturated carbocycles. The van der Waals surface area contributed by atoms with Crippen molar-refractivity contribution in [3.63, 3.8) is 0 Å². The van der Waals surface area contributed by atoms with Crippen molar-refractivity contribution in [3.05, 3.63) is 58.0 Å². The topological polar surface area (TPSA) is 64.1 Å². The molecule has 0 atom stereocenters. The average molecular weight is 282 g/mol. The monoisotopic (exact) mass is 281 g/mol. The van der Waals surface area contributed by atoms with Gasteiger partial charge in [0.2, 0.25) is 0 Å². The van der Waals surface area contributed by atoms with E-state index in [1.54, 1.807) is 12.2 Å². The van der Waals surface area contributed by atoms with E-state index in [4.69, 9.17) is 11.5 Å². The Morgan fingerprint density at radius 1 is 1.25 bits per heavy atom. The van der Waals surface area contributed by atoms with E-state index in [9.17, 15) is 0 Å². The van der Waals surface area contributed by atoms with E-state index in [0.29, 0.717) is 17.0 Å². The minimum Gasteiger partial charge on any atom is -0.393 e. The largest absolute Gasteiger partial charge is 0.393 e. The SMILES string of the molecule is Cc1ccc(CN/C(N)=C/C=C(\N)Br)cc1. The van der Waals surface area contributed by atoms with Gasteiger partial charge in [0.15, 0.2) is 0 Å². The molecule has 0 aliphatic rings. The first-order valence-electron chi connectivity index (χ1n) is 4.96. The molecule has 0 amide bonds. The lowest BCUT2D eigenvalue weighted by molar-refractivity contribution is 0.799. The minimum absolute atomic E-state index is 0.549. The average Bonchev–Trinajstić information content (AvgIpc) is 2.25. The summed E-state index contributed by atoms with van der Waals surface area (Å²) in [6.07, 6.45) is 3.41. The predicted molar refractivity (Wildman–Crippen MR) is 71.5 cm³/mol. The summed E-state index contributed by atoms with van der Waals surface area (Å²) in [5.41, 5.74) is 13.6. The smallest absolute Gasteiger partial charge is 0.0963 e. The number of hydrogen-bond donors (Lipinski definition) is 3. The summed E-state index contributed by atoms with van der Waals surface area (Å²) in [7, 11) is 0. The summed E-state index contributed by atoms with van der Waals surface area (Å²) in [6.45, 7) is 2.77. The van der Waals surface area contributed by atoms with Crippen molar-refractivity contribution in [1.82, 2.24) is 5.32 Å². The van der Waals surface area contributed by atoms with Crippen molar-refractivity contribution in [1.29, 1.82) is 0 Å². The van der Waals surface area contributed by atoms with Crippen LogP contribution >= 0.6 is 15.9 Å². The summed E-state index contributed by atoms with van der Waals surface area (Å²) in [6, 6.07) is 8.30. The van der Waals surface area contributed by atoms with Crippen molar-refractivity contribution in [2.24, 2.45) is 11.5 Å². The van der Waals surface area contributed by atoms with Gasteiger partial charge in [-0.1, -0.05) is 29.8 Å². The van der Waals surface area contributed by atoms with Gasteiger partial charge in [-0.25, -0.2) is 0 Å². The van der Waals surface area contributed by atoms with E-state index in [1.165, 1.54) is 11.1 Å². The normalized spacial score (nSPS) is 12.6. The number of rotatable bonds is 4. The molecule has 0 aromatic heterocycles. The van der Waals surface area contributed by atoms with Gasteiger partial charge < -0.3 is 16.8 Å². The molecule has 5 N–H and O–H groups in total. The van der Waals surface area contributed by atoms with Gasteiger partial charge in [0.25, 0.3) is 0 Å². The quantitative estimate of drug-likeness (QED) is 0.585. The van der Waals surface area contributed by atoms with Crippen molar-refractivity contribution < 1.29 is 0 Å². The first-order chi connectivity index (χ1) is 7.58. The Balaban J connectivity index is 2.48. The molecule has 0 aliphatic carbocycles. The maximum absolute atomic E-state index is 5.73. The number of aryl methyl sites for hydroxylation is 1. The van der Waals surface area contributed by atoms with Crippen LogP contribution in [0.2, 0.25) is 0 Å². The molecule has 3 nitrogen and oxygen atoms in total. The highest BCUT2D eigenvalue weighted by Crippen LogP contribution is 2.03. The zero-order chi connectivity index (χ0) is 12.0. The molecule has 1 aromatic rings. The second kappa shape index (κ2) is 6.23. The van der Waals surface area contributed by atoms with Crippen LogP contribution in [0.3, 0.4) is 0 Å². The lowest BCUT2D eigenvalue weighted by Crippen LogP contribution is -2.19. The third-order valence-electron chi connectivity index (χ3n) is 2.04. The predicted octanol–water partition coefficient (Wildman–Crippen LogP) is 2.08. The molecule has 0 spiro atoms. The summed E-state index contributed by atoms with van der Waals surface area (Å²) in [5.74, 6) is 0.586. The van der Waals surface area contributed by atoms with E-state index in [1.807, 2.05) is 0 Å². The lowest BCUT2D eigenvalue weighted by Gasteiger charge is -2.06. The van der Waals surface area contributed by atoms with Crippen LogP contribution in [0.1, 0.15) is 11.1 Å². The molecular weight excluding hydrogens is 266 g/mol. The van der Waals surface area contributed by atoms with Crippen LogP contribution in [0, 0.1) is 6.92 Å². The van der Waals surface area contributed by atoms with Crippen molar-refractivity contribution in [2.45, 2.75) is 13.5 Å². The van der Waals surface area contributed by atoms with Gasteiger partial charge in [0.05, 0.1) is 10.4 Å². The van der Waals surface area contributed by atoms with Gasteiger partial charge in [-0.15, -0.1) is 0 Å². The molecule has 0 radical (unpaired) electrons. The molecule has 0 bridgehead atoms. The fourth-order valence-electron chi connectivity index (χ4n) is 1.14. The Hall–Kier alpha value is -1.42. The highest BCUT2D eigenvalue weighted by atomic mass is 79.9. The maximum Gasteiger partial charge on any atom is 0.0963 e. The van der Waals surface area contributed by atoms with Crippen molar-refractivity contribution in [2.75, 3.05) is 0 Å². The molecule has 86 valence electrons. The van der Waals surface area contributed by atoms with Gasteiger partial charge in [0, 0.05) is 6.54 Å². The molecule has 1 rings (SSSR count). The molecule has 0 heterocycles. The summed E-state index contributed by atoms with van der Waals surface area (Å²) in [4.78, 5) is 0. The number of nitrogens with two attached hydrogens (primary N) is 2. The zero-order valence-electron chi connectivity index (χ0n) is 9.20. The van der Waals surface area contributed by atoms with Gasteiger partial charge in [-0.2, -0.15) is 0 Å².